The average molecular weight is 475 g/mol. The van der Waals surface area contributed by atoms with Crippen LogP contribution >= 0.6 is 0 Å². The number of fused-ring (bicyclic) bond motifs is 1. The van der Waals surface area contributed by atoms with Crippen LogP contribution in [-0.2, 0) is 14.2 Å². The van der Waals surface area contributed by atoms with E-state index in [-0.39, 0.29) is 30.1 Å². The van der Waals surface area contributed by atoms with E-state index in [2.05, 4.69) is 15.0 Å². The molecule has 178 valence electrons. The Morgan fingerprint density at radius 2 is 1.71 bits per heavy atom. The van der Waals surface area contributed by atoms with E-state index in [0.717, 1.165) is 0 Å². The highest BCUT2D eigenvalue weighted by atomic mass is 16.6. The zero-order valence-electron chi connectivity index (χ0n) is 18.4. The quantitative estimate of drug-likeness (QED) is 0.399. The van der Waals surface area contributed by atoms with Crippen molar-refractivity contribution in [2.24, 2.45) is 0 Å². The average Bonchev–Trinajstić information content (AvgIpc) is 3.47. The van der Waals surface area contributed by atoms with Gasteiger partial charge in [0.25, 0.3) is 5.56 Å². The monoisotopic (exact) mass is 475 g/mol. The van der Waals surface area contributed by atoms with Crippen molar-refractivity contribution in [2.45, 2.75) is 24.9 Å². The predicted molar refractivity (Wildman–Crippen MR) is 123 cm³/mol. The van der Waals surface area contributed by atoms with Gasteiger partial charge < -0.3 is 19.9 Å². The molecule has 5 rings (SSSR count). The van der Waals surface area contributed by atoms with Gasteiger partial charge in [0, 0.05) is 6.42 Å². The Morgan fingerprint density at radius 3 is 2.40 bits per heavy atom. The number of nitrogens with one attached hydrogen (secondary N) is 1. The van der Waals surface area contributed by atoms with Gasteiger partial charge in [-0.15, -0.1) is 0 Å². The first-order chi connectivity index (χ1) is 17.0. The normalized spacial score (nSPS) is 19.5. The lowest BCUT2D eigenvalue weighted by Crippen LogP contribution is -2.32. The number of nitrogens with two attached hydrogens (primary N) is 1. The van der Waals surface area contributed by atoms with E-state index in [1.807, 2.05) is 0 Å². The van der Waals surface area contributed by atoms with Crippen LogP contribution in [0.15, 0.2) is 71.8 Å². The second kappa shape index (κ2) is 9.39. The van der Waals surface area contributed by atoms with Crippen molar-refractivity contribution in [3.63, 3.8) is 0 Å². The molecule has 0 amide bonds. The molecule has 0 spiro atoms. The van der Waals surface area contributed by atoms with Crippen LogP contribution in [0.4, 0.5) is 5.95 Å². The summed E-state index contributed by atoms with van der Waals surface area (Å²) in [6, 6.07) is 17.1. The van der Waals surface area contributed by atoms with E-state index >= 15 is 0 Å². The van der Waals surface area contributed by atoms with Gasteiger partial charge in [0.05, 0.1) is 17.5 Å². The smallest absolute Gasteiger partial charge is 0.338 e. The van der Waals surface area contributed by atoms with E-state index in [4.69, 9.17) is 19.9 Å². The van der Waals surface area contributed by atoms with Crippen molar-refractivity contribution in [2.75, 3.05) is 12.3 Å². The van der Waals surface area contributed by atoms with E-state index in [1.54, 1.807) is 65.2 Å². The number of hydrogen-bond acceptors (Lipinski definition) is 9. The number of nitrogen functional groups attached to an aromatic ring is 1. The summed E-state index contributed by atoms with van der Waals surface area (Å²) in [6.45, 7) is -0.153. The number of nitrogens with zero attached hydrogens (tertiary/aromatic N) is 3. The number of hydrogen-bond donors (Lipinski definition) is 2. The molecular formula is C24H21N5O6. The number of imidazole rings is 1. The molecule has 11 heteroatoms. The largest absolute Gasteiger partial charge is 0.459 e. The van der Waals surface area contributed by atoms with Crippen LogP contribution in [0.25, 0.3) is 11.2 Å². The van der Waals surface area contributed by atoms with E-state index in [1.165, 1.54) is 6.33 Å². The third kappa shape index (κ3) is 4.62. The molecule has 3 heterocycles. The minimum Gasteiger partial charge on any atom is -0.459 e. The van der Waals surface area contributed by atoms with Crippen LogP contribution in [0.5, 0.6) is 0 Å². The minimum atomic E-state index is -0.767. The molecule has 1 aliphatic heterocycles. The van der Waals surface area contributed by atoms with Crippen LogP contribution in [0.3, 0.4) is 0 Å². The number of aromatic nitrogens is 4. The molecule has 35 heavy (non-hydrogen) atoms. The topological polar surface area (TPSA) is 151 Å². The lowest BCUT2D eigenvalue weighted by Gasteiger charge is -2.19. The number of rotatable bonds is 6. The Kier molecular flexibility index (Phi) is 5.98. The fourth-order valence-electron chi connectivity index (χ4n) is 3.89. The van der Waals surface area contributed by atoms with Gasteiger partial charge in [0.15, 0.2) is 11.2 Å². The predicted octanol–water partition coefficient (Wildman–Crippen LogP) is 2.07. The van der Waals surface area contributed by atoms with Gasteiger partial charge in [-0.3, -0.25) is 14.3 Å². The first-order valence-corrected chi connectivity index (χ1v) is 10.9. The molecule has 0 aliphatic carbocycles. The molecular weight excluding hydrogens is 454 g/mol. The molecule has 1 saturated heterocycles. The van der Waals surface area contributed by atoms with E-state index < -0.39 is 35.9 Å². The number of benzene rings is 2. The summed E-state index contributed by atoms with van der Waals surface area (Å²) in [5.41, 5.74) is 6.31. The van der Waals surface area contributed by atoms with Crippen molar-refractivity contribution in [1.82, 2.24) is 19.5 Å². The number of aromatic amines is 1. The lowest BCUT2D eigenvalue weighted by molar-refractivity contribution is -0.0563. The summed E-state index contributed by atoms with van der Waals surface area (Å²) in [5.74, 6) is -1.13. The summed E-state index contributed by atoms with van der Waals surface area (Å²) < 4.78 is 18.8. The molecule has 4 aromatic rings. The fourth-order valence-corrected chi connectivity index (χ4v) is 3.89. The van der Waals surface area contributed by atoms with E-state index in [0.29, 0.717) is 11.1 Å². The number of H-pyrrole nitrogens is 1. The Balaban J connectivity index is 1.38. The number of anilines is 1. The van der Waals surface area contributed by atoms with Gasteiger partial charge in [-0.05, 0) is 24.3 Å². The lowest BCUT2D eigenvalue weighted by atomic mass is 10.1. The number of esters is 2. The molecule has 2 aromatic carbocycles. The molecule has 0 saturated carbocycles. The molecule has 1 aliphatic rings. The number of ether oxygens (including phenoxy) is 3. The van der Waals surface area contributed by atoms with Crippen molar-refractivity contribution in [3.8, 4) is 0 Å². The van der Waals surface area contributed by atoms with Gasteiger partial charge >= 0.3 is 11.9 Å². The second-order valence-electron chi connectivity index (χ2n) is 7.91. The van der Waals surface area contributed by atoms with Crippen molar-refractivity contribution in [3.05, 3.63) is 88.5 Å². The summed E-state index contributed by atoms with van der Waals surface area (Å²) in [4.78, 5) is 48.0. The molecule has 0 radical (unpaired) electrons. The van der Waals surface area contributed by atoms with E-state index in [9.17, 15) is 14.4 Å². The molecule has 11 nitrogen and oxygen atoms in total. The highest BCUT2D eigenvalue weighted by molar-refractivity contribution is 5.90. The Hall–Kier alpha value is -4.51. The Bertz CT molecular complexity index is 1420. The first-order valence-electron chi connectivity index (χ1n) is 10.9. The zero-order chi connectivity index (χ0) is 24.4. The third-order valence-corrected chi connectivity index (χ3v) is 5.60. The third-order valence-electron chi connectivity index (χ3n) is 5.60. The summed E-state index contributed by atoms with van der Waals surface area (Å²) >= 11 is 0. The molecule has 0 unspecified atom stereocenters. The molecule has 2 aromatic heterocycles. The second-order valence-corrected chi connectivity index (χ2v) is 7.91. The standard InChI is InChI=1S/C24H21N5O6/c25-24-27-20-19(21(30)28-24)26-13-29(20)18-11-16(35-23(32)15-9-5-2-6-10-15)17(34-18)12-33-22(31)14-7-3-1-4-8-14/h1-10,13,16-18H,11-12H2,(H3,25,27,28,30)/t16-,17+,18+/m0/s1. The number of carbonyl (C=O) groups is 2. The highest BCUT2D eigenvalue weighted by Gasteiger charge is 2.40. The van der Waals surface area contributed by atoms with Crippen molar-refractivity contribution < 1.29 is 23.8 Å². The van der Waals surface area contributed by atoms with Crippen LogP contribution < -0.4 is 11.3 Å². The van der Waals surface area contributed by atoms with Gasteiger partial charge in [-0.1, -0.05) is 36.4 Å². The Morgan fingerprint density at radius 1 is 1.06 bits per heavy atom. The van der Waals surface area contributed by atoms with Gasteiger partial charge in [-0.25, -0.2) is 14.6 Å². The molecule has 0 bridgehead atoms. The van der Waals surface area contributed by atoms with Crippen LogP contribution in [0.2, 0.25) is 0 Å². The molecule has 1 fully saturated rings. The minimum absolute atomic E-state index is 0.0670. The zero-order valence-corrected chi connectivity index (χ0v) is 18.4. The summed E-state index contributed by atoms with van der Waals surface area (Å²) in [5, 5.41) is 0. The summed E-state index contributed by atoms with van der Waals surface area (Å²) in [7, 11) is 0. The van der Waals surface area contributed by atoms with Crippen LogP contribution in [-0.4, -0.2) is 50.3 Å². The van der Waals surface area contributed by atoms with Gasteiger partial charge in [0.1, 0.15) is 25.0 Å². The maximum atomic E-state index is 12.7. The summed E-state index contributed by atoms with van der Waals surface area (Å²) in [6.07, 6.45) is -0.579. The number of carbonyl (C=O) groups excluding carboxylic acids is 2. The Labute approximate surface area is 198 Å². The van der Waals surface area contributed by atoms with Crippen molar-refractivity contribution in [1.29, 1.82) is 0 Å². The maximum Gasteiger partial charge on any atom is 0.338 e. The first kappa shape index (κ1) is 22.3. The maximum absolute atomic E-state index is 12.7. The molecule has 3 atom stereocenters. The van der Waals surface area contributed by atoms with Gasteiger partial charge in [-0.2, -0.15) is 4.98 Å². The SMILES string of the molecule is Nc1nc2c(ncn2[C@H]2C[C@H](OC(=O)c3ccccc3)[C@@H](COC(=O)c3ccccc3)O2)c(=O)[nH]1. The van der Waals surface area contributed by atoms with Crippen LogP contribution in [0.1, 0.15) is 33.4 Å². The van der Waals surface area contributed by atoms with Gasteiger partial charge in [0.2, 0.25) is 5.95 Å². The molecule has 3 N–H and O–H groups in total. The highest BCUT2D eigenvalue weighted by Crippen LogP contribution is 2.33. The fraction of sp³-hybridized carbons (Fsp3) is 0.208. The van der Waals surface area contributed by atoms with Crippen LogP contribution in [0, 0.1) is 0 Å². The van der Waals surface area contributed by atoms with Crippen molar-refractivity contribution >= 4 is 29.1 Å².